The molecule has 4 nitrogen and oxygen atoms in total. The second-order valence-corrected chi connectivity index (χ2v) is 7.45. The lowest BCUT2D eigenvalue weighted by Crippen LogP contribution is -2.21. The van der Waals surface area contributed by atoms with Gasteiger partial charge in [-0.2, -0.15) is 5.10 Å². The number of halogens is 2. The van der Waals surface area contributed by atoms with Crippen molar-refractivity contribution in [1.82, 2.24) is 14.6 Å². The first kappa shape index (κ1) is 17.1. The van der Waals surface area contributed by atoms with Gasteiger partial charge in [0.05, 0.1) is 17.5 Å². The Hall–Kier alpha value is -3.05. The van der Waals surface area contributed by atoms with Gasteiger partial charge in [-0.15, -0.1) is 0 Å². The molecule has 0 saturated heterocycles. The number of carbonyl (C=O) groups is 1. The molecule has 0 bridgehead atoms. The van der Waals surface area contributed by atoms with E-state index in [-0.39, 0.29) is 17.5 Å². The van der Waals surface area contributed by atoms with Crippen LogP contribution in [0.3, 0.4) is 0 Å². The van der Waals surface area contributed by atoms with Gasteiger partial charge in [-0.1, -0.05) is 35.9 Å². The summed E-state index contributed by atoms with van der Waals surface area (Å²) in [5, 5.41) is 5.01. The molecular formula is C22H15ClFN3O. The van der Waals surface area contributed by atoms with Crippen molar-refractivity contribution in [3.05, 3.63) is 88.6 Å². The monoisotopic (exact) mass is 391 g/mol. The predicted molar refractivity (Wildman–Crippen MR) is 105 cm³/mol. The van der Waals surface area contributed by atoms with Gasteiger partial charge in [0.1, 0.15) is 5.82 Å². The van der Waals surface area contributed by atoms with E-state index in [2.05, 4.69) is 5.10 Å². The van der Waals surface area contributed by atoms with Crippen LogP contribution in [0.5, 0.6) is 0 Å². The largest absolute Gasteiger partial charge is 0.294 e. The zero-order valence-electron chi connectivity index (χ0n) is 14.8. The van der Waals surface area contributed by atoms with Gasteiger partial charge in [-0.05, 0) is 47.7 Å². The normalized spacial score (nSPS) is 16.4. The highest BCUT2D eigenvalue weighted by atomic mass is 35.5. The Labute approximate surface area is 165 Å². The Morgan fingerprint density at radius 1 is 1.07 bits per heavy atom. The molecule has 0 aliphatic heterocycles. The number of aromatic nitrogens is 3. The van der Waals surface area contributed by atoms with Crippen molar-refractivity contribution in [2.45, 2.75) is 18.8 Å². The van der Waals surface area contributed by atoms with E-state index >= 15 is 0 Å². The topological polar surface area (TPSA) is 47.3 Å². The van der Waals surface area contributed by atoms with E-state index in [9.17, 15) is 9.18 Å². The van der Waals surface area contributed by atoms with Gasteiger partial charge in [0, 0.05) is 23.2 Å². The molecular weight excluding hydrogens is 377 g/mol. The van der Waals surface area contributed by atoms with E-state index in [0.717, 1.165) is 22.4 Å². The Bertz CT molecular complexity index is 1220. The Morgan fingerprint density at radius 3 is 2.68 bits per heavy atom. The van der Waals surface area contributed by atoms with E-state index in [1.165, 1.54) is 12.1 Å². The van der Waals surface area contributed by atoms with Crippen molar-refractivity contribution < 1.29 is 9.18 Å². The third-order valence-electron chi connectivity index (χ3n) is 5.22. The minimum atomic E-state index is -0.281. The number of benzene rings is 2. The second kappa shape index (κ2) is 6.53. The molecule has 5 rings (SSSR count). The third-order valence-corrected chi connectivity index (χ3v) is 5.46. The van der Waals surface area contributed by atoms with Crippen molar-refractivity contribution in [2.24, 2.45) is 0 Å². The molecule has 6 heteroatoms. The van der Waals surface area contributed by atoms with Gasteiger partial charge in [0.2, 0.25) is 0 Å². The molecule has 1 aliphatic rings. The first-order valence-electron chi connectivity index (χ1n) is 9.00. The molecule has 2 heterocycles. The zero-order chi connectivity index (χ0) is 19.3. The van der Waals surface area contributed by atoms with Crippen LogP contribution in [-0.2, 0) is 6.42 Å². The van der Waals surface area contributed by atoms with Crippen LogP contribution in [-0.4, -0.2) is 20.4 Å². The van der Waals surface area contributed by atoms with Gasteiger partial charge in [0.25, 0.3) is 0 Å². The number of nitrogens with zero attached hydrogens (tertiary/aromatic N) is 3. The minimum absolute atomic E-state index is 0.00640. The molecule has 0 saturated carbocycles. The maximum atomic E-state index is 13.2. The standard InChI is InChI=1S/C22H15ClFN3O/c23-16-3-1-2-14(8-16)18-11-25-27-12-19-20(26-22(18)27)9-15(10-21(19)28)13-4-6-17(24)7-5-13/h1-8,11-12,15H,9-10H2. The van der Waals surface area contributed by atoms with Crippen LogP contribution in [0, 0.1) is 5.82 Å². The smallest absolute Gasteiger partial charge is 0.166 e. The molecule has 2 aromatic heterocycles. The van der Waals surface area contributed by atoms with Crippen LogP contribution in [0.4, 0.5) is 4.39 Å². The fourth-order valence-corrected chi connectivity index (χ4v) is 3.99. The summed E-state index contributed by atoms with van der Waals surface area (Å²) in [6.45, 7) is 0. The molecule has 28 heavy (non-hydrogen) atoms. The van der Waals surface area contributed by atoms with Gasteiger partial charge < -0.3 is 0 Å². The van der Waals surface area contributed by atoms with E-state index in [1.54, 1.807) is 29.0 Å². The molecule has 4 aromatic rings. The number of hydrogen-bond acceptors (Lipinski definition) is 3. The second-order valence-electron chi connectivity index (χ2n) is 7.02. The summed E-state index contributed by atoms with van der Waals surface area (Å²) in [5.74, 6) is -0.255. The van der Waals surface area contributed by atoms with Gasteiger partial charge in [-0.25, -0.2) is 13.9 Å². The van der Waals surface area contributed by atoms with E-state index in [4.69, 9.17) is 16.6 Å². The van der Waals surface area contributed by atoms with E-state index < -0.39 is 0 Å². The Balaban J connectivity index is 1.59. The summed E-state index contributed by atoms with van der Waals surface area (Å²) < 4.78 is 14.9. The molecule has 2 aromatic carbocycles. The molecule has 0 amide bonds. The first-order valence-corrected chi connectivity index (χ1v) is 9.38. The fourth-order valence-electron chi connectivity index (χ4n) is 3.80. The highest BCUT2D eigenvalue weighted by molar-refractivity contribution is 6.30. The lowest BCUT2D eigenvalue weighted by molar-refractivity contribution is 0.0962. The highest BCUT2D eigenvalue weighted by Crippen LogP contribution is 2.33. The number of fused-ring (bicyclic) bond motifs is 2. The van der Waals surface area contributed by atoms with Crippen LogP contribution < -0.4 is 0 Å². The molecule has 1 unspecified atom stereocenters. The molecule has 0 spiro atoms. The number of ketones is 1. The maximum Gasteiger partial charge on any atom is 0.166 e. The number of carbonyl (C=O) groups excluding carboxylic acids is 1. The van der Waals surface area contributed by atoms with Crippen molar-refractivity contribution >= 4 is 23.0 Å². The lowest BCUT2D eigenvalue weighted by Gasteiger charge is -2.23. The lowest BCUT2D eigenvalue weighted by atomic mass is 9.82. The molecule has 0 radical (unpaired) electrons. The van der Waals surface area contributed by atoms with Crippen molar-refractivity contribution in [3.63, 3.8) is 0 Å². The molecule has 1 atom stereocenters. The maximum absolute atomic E-state index is 13.2. The van der Waals surface area contributed by atoms with Crippen molar-refractivity contribution in [2.75, 3.05) is 0 Å². The number of Topliss-reactive ketones (excluding diaryl/α,β-unsaturated/α-hetero) is 1. The third kappa shape index (κ3) is 2.88. The van der Waals surface area contributed by atoms with E-state index in [0.29, 0.717) is 29.1 Å². The summed E-state index contributed by atoms with van der Waals surface area (Å²) in [4.78, 5) is 17.5. The zero-order valence-corrected chi connectivity index (χ0v) is 15.5. The number of hydrogen-bond donors (Lipinski definition) is 0. The quantitative estimate of drug-likeness (QED) is 0.477. The SMILES string of the molecule is O=C1CC(c2ccc(F)cc2)Cc2nc3c(-c4cccc(Cl)c4)cnn3cc21. The first-order chi connectivity index (χ1) is 13.6. The average Bonchev–Trinajstić information content (AvgIpc) is 3.10. The summed E-state index contributed by atoms with van der Waals surface area (Å²) in [5.41, 5.74) is 4.78. The van der Waals surface area contributed by atoms with Gasteiger partial charge >= 0.3 is 0 Å². The minimum Gasteiger partial charge on any atom is -0.294 e. The summed E-state index contributed by atoms with van der Waals surface area (Å²) in [7, 11) is 0. The Morgan fingerprint density at radius 2 is 1.89 bits per heavy atom. The molecule has 1 aliphatic carbocycles. The molecule has 138 valence electrons. The van der Waals surface area contributed by atoms with Gasteiger partial charge in [-0.3, -0.25) is 4.79 Å². The number of rotatable bonds is 2. The highest BCUT2D eigenvalue weighted by Gasteiger charge is 2.28. The molecule has 0 fully saturated rings. The Kier molecular flexibility index (Phi) is 3.98. The van der Waals surface area contributed by atoms with Crippen molar-refractivity contribution in [3.8, 4) is 11.1 Å². The van der Waals surface area contributed by atoms with Crippen LogP contribution >= 0.6 is 11.6 Å². The summed E-state index contributed by atoms with van der Waals surface area (Å²) in [6, 6.07) is 13.9. The average molecular weight is 392 g/mol. The van der Waals surface area contributed by atoms with Crippen LogP contribution in [0.2, 0.25) is 5.02 Å². The predicted octanol–water partition coefficient (Wildman–Crippen LogP) is 5.10. The summed E-state index contributed by atoms with van der Waals surface area (Å²) >= 11 is 6.13. The van der Waals surface area contributed by atoms with Crippen molar-refractivity contribution in [1.29, 1.82) is 0 Å². The van der Waals surface area contributed by atoms with E-state index in [1.807, 2.05) is 24.3 Å². The van der Waals surface area contributed by atoms with Crippen LogP contribution in [0.25, 0.3) is 16.8 Å². The van der Waals surface area contributed by atoms with Crippen LogP contribution in [0.15, 0.2) is 60.9 Å². The fraction of sp³-hybridized carbons (Fsp3) is 0.136. The molecule has 0 N–H and O–H groups in total. The summed E-state index contributed by atoms with van der Waals surface area (Å²) in [6.07, 6.45) is 4.51. The van der Waals surface area contributed by atoms with Gasteiger partial charge in [0.15, 0.2) is 11.4 Å². The van der Waals surface area contributed by atoms with Crippen LogP contribution in [0.1, 0.15) is 34.0 Å².